The van der Waals surface area contributed by atoms with Gasteiger partial charge in [-0.2, -0.15) is 0 Å². The fourth-order valence-corrected chi connectivity index (χ4v) is 2.97. The van der Waals surface area contributed by atoms with Crippen LogP contribution in [0, 0.1) is 11.7 Å². The number of carbonyl (C=O) groups is 1. The van der Waals surface area contributed by atoms with Crippen LogP contribution >= 0.6 is 0 Å². The molecule has 1 heterocycles. The average molecular weight is 309 g/mol. The van der Waals surface area contributed by atoms with Crippen LogP contribution in [0.1, 0.15) is 38.4 Å². The van der Waals surface area contributed by atoms with Gasteiger partial charge in [-0.05, 0) is 63.4 Å². The molecule has 1 saturated heterocycles. The zero-order chi connectivity index (χ0) is 16.1. The molecule has 1 aromatic rings. The maximum Gasteiger partial charge on any atom is 0.323 e. The molecule has 1 aliphatic rings. The molecule has 1 fully saturated rings. The van der Waals surface area contributed by atoms with Gasteiger partial charge in [0.1, 0.15) is 11.9 Å². The second-order valence-electron chi connectivity index (χ2n) is 5.80. The van der Waals surface area contributed by atoms with E-state index in [0.717, 1.165) is 31.5 Å². The van der Waals surface area contributed by atoms with E-state index in [9.17, 15) is 14.3 Å². The highest BCUT2D eigenvalue weighted by Crippen LogP contribution is 2.31. The fourth-order valence-electron chi connectivity index (χ4n) is 2.97. The molecule has 0 radical (unpaired) electrons. The minimum absolute atomic E-state index is 0.135. The Morgan fingerprint density at radius 3 is 2.50 bits per heavy atom. The van der Waals surface area contributed by atoms with Gasteiger partial charge in [-0.15, -0.1) is 0 Å². The number of piperidine rings is 1. The van der Waals surface area contributed by atoms with Crippen LogP contribution in [0.4, 0.5) is 4.39 Å². The highest BCUT2D eigenvalue weighted by molar-refractivity contribution is 5.75. The van der Waals surface area contributed by atoms with Crippen molar-refractivity contribution in [2.75, 3.05) is 19.7 Å². The van der Waals surface area contributed by atoms with E-state index in [1.807, 2.05) is 6.92 Å². The van der Waals surface area contributed by atoms with Crippen LogP contribution in [0.15, 0.2) is 24.3 Å². The molecule has 5 heteroatoms. The number of carbonyl (C=O) groups excluding carboxylic acids is 1. The number of halogens is 1. The van der Waals surface area contributed by atoms with E-state index in [-0.39, 0.29) is 23.7 Å². The van der Waals surface area contributed by atoms with Crippen molar-refractivity contribution in [2.24, 2.45) is 5.92 Å². The number of aliphatic hydroxyl groups excluding tert-OH is 1. The van der Waals surface area contributed by atoms with Gasteiger partial charge < -0.3 is 9.84 Å². The Bertz CT molecular complexity index is 483. The van der Waals surface area contributed by atoms with Crippen LogP contribution in [0.5, 0.6) is 0 Å². The first-order chi connectivity index (χ1) is 10.5. The first kappa shape index (κ1) is 16.9. The molecule has 0 saturated carbocycles. The lowest BCUT2D eigenvalue weighted by atomic mass is 9.87. The van der Waals surface area contributed by atoms with Gasteiger partial charge in [0.2, 0.25) is 0 Å². The summed E-state index contributed by atoms with van der Waals surface area (Å²) in [4.78, 5) is 13.9. The zero-order valence-electron chi connectivity index (χ0n) is 13.2. The Morgan fingerprint density at radius 1 is 1.36 bits per heavy atom. The van der Waals surface area contributed by atoms with Crippen molar-refractivity contribution in [3.8, 4) is 0 Å². The fraction of sp³-hybridized carbons (Fsp3) is 0.588. The van der Waals surface area contributed by atoms with E-state index in [1.165, 1.54) is 12.1 Å². The first-order valence-corrected chi connectivity index (χ1v) is 7.87. The molecule has 4 nitrogen and oxygen atoms in total. The van der Waals surface area contributed by atoms with Crippen molar-refractivity contribution in [2.45, 2.75) is 38.8 Å². The number of esters is 1. The van der Waals surface area contributed by atoms with Crippen molar-refractivity contribution >= 4 is 5.97 Å². The standard InChI is InChI=1S/C17H24FNO3/c1-3-22-17(21)12(2)19-10-8-14(9-11-19)16(20)13-4-6-15(18)7-5-13/h4-7,12,14,16,20H,3,8-11H2,1-2H3. The summed E-state index contributed by atoms with van der Waals surface area (Å²) < 4.78 is 18.0. The summed E-state index contributed by atoms with van der Waals surface area (Å²) in [5.74, 6) is -0.356. The Hall–Kier alpha value is -1.46. The monoisotopic (exact) mass is 309 g/mol. The van der Waals surface area contributed by atoms with Gasteiger partial charge >= 0.3 is 5.97 Å². The number of hydrogen-bond donors (Lipinski definition) is 1. The average Bonchev–Trinajstić information content (AvgIpc) is 2.54. The van der Waals surface area contributed by atoms with Crippen molar-refractivity contribution < 1.29 is 19.0 Å². The second kappa shape index (κ2) is 7.70. The molecule has 2 rings (SSSR count). The lowest BCUT2D eigenvalue weighted by Crippen LogP contribution is -2.45. The second-order valence-corrected chi connectivity index (χ2v) is 5.80. The summed E-state index contributed by atoms with van der Waals surface area (Å²) in [6, 6.07) is 5.76. The molecule has 1 N–H and O–H groups in total. The minimum atomic E-state index is -0.583. The van der Waals surface area contributed by atoms with Gasteiger partial charge in [0, 0.05) is 0 Å². The summed E-state index contributed by atoms with van der Waals surface area (Å²) in [5, 5.41) is 10.4. The van der Waals surface area contributed by atoms with E-state index in [1.54, 1.807) is 19.1 Å². The highest BCUT2D eigenvalue weighted by Gasteiger charge is 2.30. The number of aliphatic hydroxyl groups is 1. The molecule has 0 spiro atoms. The van der Waals surface area contributed by atoms with Crippen molar-refractivity contribution in [1.82, 2.24) is 4.90 Å². The van der Waals surface area contributed by atoms with E-state index in [2.05, 4.69) is 4.90 Å². The summed E-state index contributed by atoms with van der Waals surface area (Å²) in [7, 11) is 0. The Kier molecular flexibility index (Phi) is 5.91. The van der Waals surface area contributed by atoms with Crippen LogP contribution < -0.4 is 0 Å². The van der Waals surface area contributed by atoms with E-state index in [0.29, 0.717) is 6.61 Å². The summed E-state index contributed by atoms with van der Waals surface area (Å²) >= 11 is 0. The van der Waals surface area contributed by atoms with Gasteiger partial charge in [0.05, 0.1) is 12.7 Å². The molecular weight excluding hydrogens is 285 g/mol. The van der Waals surface area contributed by atoms with E-state index in [4.69, 9.17) is 4.74 Å². The molecule has 0 aromatic heterocycles. The molecule has 0 amide bonds. The number of ether oxygens (including phenoxy) is 1. The predicted molar refractivity (Wildman–Crippen MR) is 81.8 cm³/mol. The van der Waals surface area contributed by atoms with Gasteiger partial charge in [-0.1, -0.05) is 12.1 Å². The lowest BCUT2D eigenvalue weighted by Gasteiger charge is -2.36. The van der Waals surface area contributed by atoms with Gasteiger partial charge in [0.15, 0.2) is 0 Å². The quantitative estimate of drug-likeness (QED) is 0.849. The molecule has 0 aliphatic carbocycles. The number of hydrogen-bond acceptors (Lipinski definition) is 4. The molecule has 2 atom stereocenters. The Morgan fingerprint density at radius 2 is 1.95 bits per heavy atom. The minimum Gasteiger partial charge on any atom is -0.465 e. The molecule has 1 aliphatic heterocycles. The van der Waals surface area contributed by atoms with Crippen LogP contribution in [-0.2, 0) is 9.53 Å². The van der Waals surface area contributed by atoms with Crippen LogP contribution in [0.2, 0.25) is 0 Å². The normalized spacial score (nSPS) is 19.6. The Balaban J connectivity index is 1.88. The highest BCUT2D eigenvalue weighted by atomic mass is 19.1. The number of rotatable bonds is 5. The smallest absolute Gasteiger partial charge is 0.323 e. The summed E-state index contributed by atoms with van der Waals surface area (Å²) in [6.45, 7) is 5.55. The lowest BCUT2D eigenvalue weighted by molar-refractivity contribution is -0.149. The van der Waals surface area contributed by atoms with Crippen molar-refractivity contribution in [3.63, 3.8) is 0 Å². The van der Waals surface area contributed by atoms with Crippen LogP contribution in [-0.4, -0.2) is 41.7 Å². The summed E-state index contributed by atoms with van der Waals surface area (Å²) in [5.41, 5.74) is 0.748. The SMILES string of the molecule is CCOC(=O)C(C)N1CCC(C(O)c2ccc(F)cc2)CC1. The molecule has 0 bridgehead atoms. The maximum absolute atomic E-state index is 12.9. The van der Waals surface area contributed by atoms with Crippen molar-refractivity contribution in [3.05, 3.63) is 35.6 Å². The van der Waals surface area contributed by atoms with Crippen LogP contribution in [0.3, 0.4) is 0 Å². The largest absolute Gasteiger partial charge is 0.465 e. The molecule has 1 aromatic carbocycles. The third kappa shape index (κ3) is 4.05. The number of benzene rings is 1. The topological polar surface area (TPSA) is 49.8 Å². The Labute approximate surface area is 130 Å². The van der Waals surface area contributed by atoms with Gasteiger partial charge in [-0.3, -0.25) is 9.69 Å². The third-order valence-corrected chi connectivity index (χ3v) is 4.41. The number of likely N-dealkylation sites (tertiary alicyclic amines) is 1. The number of nitrogens with zero attached hydrogens (tertiary/aromatic N) is 1. The maximum atomic E-state index is 12.9. The van der Waals surface area contributed by atoms with E-state index < -0.39 is 6.10 Å². The molecule has 2 unspecified atom stereocenters. The third-order valence-electron chi connectivity index (χ3n) is 4.41. The molecule has 122 valence electrons. The van der Waals surface area contributed by atoms with Crippen molar-refractivity contribution in [1.29, 1.82) is 0 Å². The van der Waals surface area contributed by atoms with E-state index >= 15 is 0 Å². The zero-order valence-corrected chi connectivity index (χ0v) is 13.2. The summed E-state index contributed by atoms with van der Waals surface area (Å²) in [6.07, 6.45) is 1.03. The van der Waals surface area contributed by atoms with Gasteiger partial charge in [-0.25, -0.2) is 4.39 Å². The molecule has 22 heavy (non-hydrogen) atoms. The predicted octanol–water partition coefficient (Wildman–Crippen LogP) is 2.52. The van der Waals surface area contributed by atoms with Gasteiger partial charge in [0.25, 0.3) is 0 Å². The first-order valence-electron chi connectivity index (χ1n) is 7.87. The molecular formula is C17H24FNO3. The van der Waals surface area contributed by atoms with Crippen LogP contribution in [0.25, 0.3) is 0 Å².